The molecule has 0 spiro atoms. The van der Waals surface area contributed by atoms with E-state index in [1.54, 1.807) is 32.2 Å². The minimum Gasteiger partial charge on any atom is -0.479 e. The van der Waals surface area contributed by atoms with Crippen molar-refractivity contribution in [1.29, 1.82) is 0 Å². The first kappa shape index (κ1) is 14.3. The second-order valence-electron chi connectivity index (χ2n) is 4.56. The lowest BCUT2D eigenvalue weighted by atomic mass is 10.1. The SMILES string of the molecule is COCCCNC(=O)c1ccc2c(c1)NC(=O)C(C)O2. The molecule has 1 aromatic carbocycles. The molecule has 0 saturated heterocycles. The lowest BCUT2D eigenvalue weighted by Gasteiger charge is -2.23. The van der Waals surface area contributed by atoms with Crippen molar-refractivity contribution in [3.8, 4) is 5.75 Å². The van der Waals surface area contributed by atoms with Crippen LogP contribution in [0, 0.1) is 0 Å². The van der Waals surface area contributed by atoms with Gasteiger partial charge >= 0.3 is 0 Å². The van der Waals surface area contributed by atoms with E-state index < -0.39 is 6.10 Å². The maximum Gasteiger partial charge on any atom is 0.265 e. The van der Waals surface area contributed by atoms with Gasteiger partial charge in [-0.05, 0) is 31.5 Å². The quantitative estimate of drug-likeness (QED) is 0.793. The van der Waals surface area contributed by atoms with Gasteiger partial charge in [-0.25, -0.2) is 0 Å². The van der Waals surface area contributed by atoms with Gasteiger partial charge in [0, 0.05) is 25.8 Å². The van der Waals surface area contributed by atoms with Crippen LogP contribution >= 0.6 is 0 Å². The third-order valence-corrected chi connectivity index (χ3v) is 2.98. The monoisotopic (exact) mass is 278 g/mol. The lowest BCUT2D eigenvalue weighted by Crippen LogP contribution is -2.34. The Kier molecular flexibility index (Phi) is 4.57. The number of benzene rings is 1. The first-order valence-corrected chi connectivity index (χ1v) is 6.50. The molecule has 1 heterocycles. The van der Waals surface area contributed by atoms with E-state index in [9.17, 15) is 9.59 Å². The molecule has 6 heteroatoms. The van der Waals surface area contributed by atoms with Gasteiger partial charge in [-0.15, -0.1) is 0 Å². The molecule has 1 aromatic rings. The molecular formula is C14H18N2O4. The molecule has 108 valence electrons. The van der Waals surface area contributed by atoms with Crippen LogP contribution in [-0.2, 0) is 9.53 Å². The van der Waals surface area contributed by atoms with Crippen molar-refractivity contribution in [2.45, 2.75) is 19.4 Å². The van der Waals surface area contributed by atoms with E-state index >= 15 is 0 Å². The van der Waals surface area contributed by atoms with Gasteiger partial charge in [0.05, 0.1) is 5.69 Å². The molecule has 0 bridgehead atoms. The topological polar surface area (TPSA) is 76.7 Å². The fourth-order valence-electron chi connectivity index (χ4n) is 1.87. The van der Waals surface area contributed by atoms with E-state index in [0.717, 1.165) is 6.42 Å². The summed E-state index contributed by atoms with van der Waals surface area (Å²) in [6.45, 7) is 2.82. The summed E-state index contributed by atoms with van der Waals surface area (Å²) in [4.78, 5) is 23.5. The molecule has 0 saturated carbocycles. The zero-order valence-electron chi connectivity index (χ0n) is 11.6. The maximum absolute atomic E-state index is 11.9. The predicted octanol–water partition coefficient (Wildman–Crippen LogP) is 1.17. The van der Waals surface area contributed by atoms with Crippen molar-refractivity contribution in [3.63, 3.8) is 0 Å². The Balaban J connectivity index is 2.02. The van der Waals surface area contributed by atoms with Gasteiger partial charge in [-0.3, -0.25) is 9.59 Å². The van der Waals surface area contributed by atoms with E-state index in [-0.39, 0.29) is 11.8 Å². The Hall–Kier alpha value is -2.08. The highest BCUT2D eigenvalue weighted by molar-refractivity contribution is 6.00. The fourth-order valence-corrected chi connectivity index (χ4v) is 1.87. The number of carbonyl (C=O) groups is 2. The minimum absolute atomic E-state index is 0.184. The van der Waals surface area contributed by atoms with E-state index in [2.05, 4.69) is 10.6 Å². The molecule has 20 heavy (non-hydrogen) atoms. The number of nitrogens with one attached hydrogen (secondary N) is 2. The predicted molar refractivity (Wildman–Crippen MR) is 74.0 cm³/mol. The number of ether oxygens (including phenoxy) is 2. The number of fused-ring (bicyclic) bond motifs is 1. The van der Waals surface area contributed by atoms with Gasteiger partial charge in [0.15, 0.2) is 6.10 Å². The lowest BCUT2D eigenvalue weighted by molar-refractivity contribution is -0.122. The normalized spacial score (nSPS) is 16.9. The maximum atomic E-state index is 11.9. The second kappa shape index (κ2) is 6.38. The van der Waals surface area contributed by atoms with Gasteiger partial charge in [-0.2, -0.15) is 0 Å². The highest BCUT2D eigenvalue weighted by Crippen LogP contribution is 2.30. The summed E-state index contributed by atoms with van der Waals surface area (Å²) in [6, 6.07) is 4.98. The van der Waals surface area contributed by atoms with Gasteiger partial charge in [-0.1, -0.05) is 0 Å². The summed E-state index contributed by atoms with van der Waals surface area (Å²) >= 11 is 0. The average molecular weight is 278 g/mol. The molecule has 0 aromatic heterocycles. The summed E-state index contributed by atoms with van der Waals surface area (Å²) in [5.41, 5.74) is 1.01. The van der Waals surface area contributed by atoms with Crippen molar-refractivity contribution in [2.24, 2.45) is 0 Å². The Morgan fingerprint density at radius 1 is 1.50 bits per heavy atom. The number of amides is 2. The molecule has 1 atom stereocenters. The van der Waals surface area contributed by atoms with Gasteiger partial charge in [0.2, 0.25) is 0 Å². The molecule has 1 unspecified atom stereocenters. The van der Waals surface area contributed by atoms with Crippen LogP contribution in [0.2, 0.25) is 0 Å². The molecular weight excluding hydrogens is 260 g/mol. The van der Waals surface area contributed by atoms with Crippen LogP contribution in [0.1, 0.15) is 23.7 Å². The number of rotatable bonds is 5. The third-order valence-electron chi connectivity index (χ3n) is 2.98. The van der Waals surface area contributed by atoms with E-state index in [1.807, 2.05) is 0 Å². The standard InChI is InChI=1S/C14H18N2O4/c1-9-13(17)16-11-8-10(4-5-12(11)20-9)14(18)15-6-3-7-19-2/h4-5,8-9H,3,6-7H2,1-2H3,(H,15,18)(H,16,17). The average Bonchev–Trinajstić information content (AvgIpc) is 2.44. The third kappa shape index (κ3) is 3.27. The van der Waals surface area contributed by atoms with Gasteiger partial charge < -0.3 is 20.1 Å². The van der Waals surface area contributed by atoms with Crippen LogP contribution in [0.15, 0.2) is 18.2 Å². The molecule has 1 aliphatic heterocycles. The zero-order chi connectivity index (χ0) is 14.5. The number of hydrogen-bond donors (Lipinski definition) is 2. The molecule has 0 fully saturated rings. The highest BCUT2D eigenvalue weighted by atomic mass is 16.5. The van der Waals surface area contributed by atoms with E-state index in [4.69, 9.17) is 9.47 Å². The molecule has 2 N–H and O–H groups in total. The van der Waals surface area contributed by atoms with Gasteiger partial charge in [0.25, 0.3) is 11.8 Å². The molecule has 2 amide bonds. The summed E-state index contributed by atoms with van der Waals surface area (Å²) in [5.74, 6) is 0.181. The Labute approximate surface area is 117 Å². The van der Waals surface area contributed by atoms with Crippen LogP contribution < -0.4 is 15.4 Å². The van der Waals surface area contributed by atoms with Crippen LogP contribution in [0.4, 0.5) is 5.69 Å². The largest absolute Gasteiger partial charge is 0.479 e. The summed E-state index contributed by atoms with van der Waals surface area (Å²) < 4.78 is 10.3. The van der Waals surface area contributed by atoms with Crippen LogP contribution in [0.5, 0.6) is 5.75 Å². The summed E-state index contributed by atoms with van der Waals surface area (Å²) in [7, 11) is 1.62. The van der Waals surface area contributed by atoms with Crippen LogP contribution in [0.25, 0.3) is 0 Å². The highest BCUT2D eigenvalue weighted by Gasteiger charge is 2.24. The minimum atomic E-state index is -0.517. The molecule has 0 aliphatic carbocycles. The number of carbonyl (C=O) groups excluding carboxylic acids is 2. The van der Waals surface area contributed by atoms with Crippen molar-refractivity contribution < 1.29 is 19.1 Å². The summed E-state index contributed by atoms with van der Waals surface area (Å²) in [6.07, 6.45) is 0.237. The molecule has 0 radical (unpaired) electrons. The zero-order valence-corrected chi connectivity index (χ0v) is 11.6. The first-order valence-electron chi connectivity index (χ1n) is 6.50. The Morgan fingerprint density at radius 2 is 2.30 bits per heavy atom. The van der Waals surface area contributed by atoms with Crippen molar-refractivity contribution in [1.82, 2.24) is 5.32 Å². The second-order valence-corrected chi connectivity index (χ2v) is 4.56. The molecule has 2 rings (SSSR count). The van der Waals surface area contributed by atoms with Crippen LogP contribution in [-0.4, -0.2) is 38.2 Å². The van der Waals surface area contributed by atoms with Crippen molar-refractivity contribution >= 4 is 17.5 Å². The number of anilines is 1. The Morgan fingerprint density at radius 3 is 3.05 bits per heavy atom. The number of methoxy groups -OCH3 is 1. The van der Waals surface area contributed by atoms with E-state index in [0.29, 0.717) is 30.2 Å². The van der Waals surface area contributed by atoms with Crippen LogP contribution in [0.3, 0.4) is 0 Å². The van der Waals surface area contributed by atoms with E-state index in [1.165, 1.54) is 0 Å². The smallest absolute Gasteiger partial charge is 0.265 e. The number of hydrogen-bond acceptors (Lipinski definition) is 4. The first-order chi connectivity index (χ1) is 9.61. The fraction of sp³-hybridized carbons (Fsp3) is 0.429. The van der Waals surface area contributed by atoms with Gasteiger partial charge in [0.1, 0.15) is 5.75 Å². The Bertz CT molecular complexity index is 516. The molecule has 1 aliphatic rings. The molecule has 6 nitrogen and oxygen atoms in total. The van der Waals surface area contributed by atoms with Crippen molar-refractivity contribution in [3.05, 3.63) is 23.8 Å². The summed E-state index contributed by atoms with van der Waals surface area (Å²) in [5, 5.41) is 5.51. The van der Waals surface area contributed by atoms with Crippen molar-refractivity contribution in [2.75, 3.05) is 25.6 Å².